The fraction of sp³-hybridized carbons (Fsp3) is 0.143. The molecule has 4 rings (SSSR count). The molecule has 0 aliphatic carbocycles. The van der Waals surface area contributed by atoms with Crippen molar-refractivity contribution in [2.24, 2.45) is 0 Å². The number of benzene rings is 2. The molecule has 2 aromatic heterocycles. The number of ether oxygens (including phenoxy) is 1. The van der Waals surface area contributed by atoms with Crippen molar-refractivity contribution in [3.8, 4) is 34.1 Å². The van der Waals surface area contributed by atoms with Crippen molar-refractivity contribution < 1.29 is 9.84 Å². The Kier molecular flexibility index (Phi) is 4.38. The van der Waals surface area contributed by atoms with Crippen molar-refractivity contribution in [2.75, 3.05) is 7.11 Å². The summed E-state index contributed by atoms with van der Waals surface area (Å²) in [6, 6.07) is 15.4. The normalized spacial score (nSPS) is 10.9. The molecule has 0 fully saturated rings. The van der Waals surface area contributed by atoms with Gasteiger partial charge in [0.05, 0.1) is 31.2 Å². The van der Waals surface area contributed by atoms with Gasteiger partial charge in [0.15, 0.2) is 11.5 Å². The molecule has 0 spiro atoms. The summed E-state index contributed by atoms with van der Waals surface area (Å²) in [7, 11) is 1.54. The molecule has 0 aliphatic rings. The molecule has 0 atom stereocenters. The second-order valence-corrected chi connectivity index (χ2v) is 6.32. The fourth-order valence-electron chi connectivity index (χ4n) is 3.17. The van der Waals surface area contributed by atoms with E-state index in [0.29, 0.717) is 12.3 Å². The summed E-state index contributed by atoms with van der Waals surface area (Å²) in [5.41, 5.74) is 5.73. The predicted octanol–water partition coefficient (Wildman–Crippen LogP) is 4.01. The zero-order chi connectivity index (χ0) is 18.8. The van der Waals surface area contributed by atoms with Gasteiger partial charge in [0.25, 0.3) is 0 Å². The summed E-state index contributed by atoms with van der Waals surface area (Å²) in [6.45, 7) is 2.58. The van der Waals surface area contributed by atoms with Crippen LogP contribution < -0.4 is 4.74 Å². The molecule has 0 aliphatic heterocycles. The van der Waals surface area contributed by atoms with Gasteiger partial charge >= 0.3 is 0 Å². The van der Waals surface area contributed by atoms with Crippen molar-refractivity contribution in [3.63, 3.8) is 0 Å². The zero-order valence-electron chi connectivity index (χ0n) is 15.2. The number of methoxy groups -OCH3 is 1. The van der Waals surface area contributed by atoms with Gasteiger partial charge in [-0.1, -0.05) is 36.4 Å². The smallest absolute Gasteiger partial charge is 0.160 e. The number of hydrogen-bond acceptors (Lipinski definition) is 4. The number of aryl methyl sites for hydroxylation is 1. The van der Waals surface area contributed by atoms with Crippen molar-refractivity contribution in [2.45, 2.75) is 13.5 Å². The van der Waals surface area contributed by atoms with Gasteiger partial charge in [-0.15, -0.1) is 0 Å². The van der Waals surface area contributed by atoms with Gasteiger partial charge < -0.3 is 19.4 Å². The molecule has 6 heteroatoms. The lowest BCUT2D eigenvalue weighted by Gasteiger charge is -2.11. The van der Waals surface area contributed by atoms with Crippen LogP contribution in [0.2, 0.25) is 0 Å². The van der Waals surface area contributed by atoms with Crippen LogP contribution in [-0.4, -0.2) is 31.7 Å². The first kappa shape index (κ1) is 16.9. The van der Waals surface area contributed by atoms with E-state index >= 15 is 0 Å². The van der Waals surface area contributed by atoms with Gasteiger partial charge in [-0.2, -0.15) is 0 Å². The molecule has 2 heterocycles. The van der Waals surface area contributed by atoms with E-state index in [1.807, 2.05) is 55.7 Å². The van der Waals surface area contributed by atoms with Crippen LogP contribution in [-0.2, 0) is 6.54 Å². The maximum Gasteiger partial charge on any atom is 0.160 e. The first-order valence-electron chi connectivity index (χ1n) is 8.64. The summed E-state index contributed by atoms with van der Waals surface area (Å²) in [4.78, 5) is 12.3. The molecule has 2 N–H and O–H groups in total. The zero-order valence-corrected chi connectivity index (χ0v) is 15.2. The monoisotopic (exact) mass is 360 g/mol. The lowest BCUT2D eigenvalue weighted by molar-refractivity contribution is 0.373. The largest absolute Gasteiger partial charge is 0.504 e. The third-order valence-corrected chi connectivity index (χ3v) is 4.54. The van der Waals surface area contributed by atoms with Crippen LogP contribution in [0.3, 0.4) is 0 Å². The Balaban J connectivity index is 1.82. The van der Waals surface area contributed by atoms with Crippen molar-refractivity contribution in [1.29, 1.82) is 0 Å². The van der Waals surface area contributed by atoms with Crippen LogP contribution in [0.4, 0.5) is 0 Å². The highest BCUT2D eigenvalue weighted by atomic mass is 16.5. The third-order valence-electron chi connectivity index (χ3n) is 4.54. The van der Waals surface area contributed by atoms with Gasteiger partial charge in [-0.25, -0.2) is 9.97 Å². The number of aromatic amines is 1. The number of phenolic OH excluding ortho intramolecular Hbond substituents is 1. The van der Waals surface area contributed by atoms with E-state index < -0.39 is 0 Å². The molecule has 6 nitrogen and oxygen atoms in total. The van der Waals surface area contributed by atoms with Gasteiger partial charge in [0.2, 0.25) is 0 Å². The topological polar surface area (TPSA) is 76.0 Å². The van der Waals surface area contributed by atoms with Crippen molar-refractivity contribution >= 4 is 0 Å². The number of phenols is 1. The van der Waals surface area contributed by atoms with Crippen LogP contribution in [0.5, 0.6) is 11.5 Å². The van der Waals surface area contributed by atoms with E-state index in [1.54, 1.807) is 19.5 Å². The summed E-state index contributed by atoms with van der Waals surface area (Å²) >= 11 is 0. The maximum atomic E-state index is 9.84. The average molecular weight is 360 g/mol. The molecule has 0 radical (unpaired) electrons. The molecular formula is C21H20N4O2. The number of rotatable bonds is 5. The number of aromatic nitrogens is 4. The summed E-state index contributed by atoms with van der Waals surface area (Å²) < 4.78 is 7.29. The molecule has 0 saturated carbocycles. The fourth-order valence-corrected chi connectivity index (χ4v) is 3.17. The van der Waals surface area contributed by atoms with E-state index in [-0.39, 0.29) is 5.75 Å². The Morgan fingerprint density at radius 3 is 2.59 bits per heavy atom. The van der Waals surface area contributed by atoms with Crippen LogP contribution in [0.15, 0.2) is 61.2 Å². The van der Waals surface area contributed by atoms with Gasteiger partial charge in [0, 0.05) is 17.8 Å². The van der Waals surface area contributed by atoms with E-state index in [2.05, 4.69) is 19.5 Å². The highest BCUT2D eigenvalue weighted by molar-refractivity contribution is 5.77. The van der Waals surface area contributed by atoms with E-state index in [9.17, 15) is 5.11 Å². The molecule has 0 bridgehead atoms. The molecule has 0 amide bonds. The van der Waals surface area contributed by atoms with Crippen molar-refractivity contribution in [1.82, 2.24) is 19.5 Å². The molecule has 2 aromatic carbocycles. The van der Waals surface area contributed by atoms with Crippen LogP contribution >= 0.6 is 0 Å². The molecular weight excluding hydrogens is 340 g/mol. The minimum absolute atomic E-state index is 0.125. The SMILES string of the molecule is COc1cc(Cn2cnc(-c3ccccc3)c2-c2nc[nH]c2C)ccc1O. The lowest BCUT2D eigenvalue weighted by Crippen LogP contribution is -2.02. The number of nitrogens with one attached hydrogen (secondary N) is 1. The number of imidazole rings is 2. The summed E-state index contributed by atoms with van der Waals surface area (Å²) in [5, 5.41) is 9.84. The Bertz CT molecular complexity index is 1070. The van der Waals surface area contributed by atoms with E-state index in [0.717, 1.165) is 33.9 Å². The first-order valence-corrected chi connectivity index (χ1v) is 8.64. The molecule has 0 unspecified atom stereocenters. The molecule has 136 valence electrons. The summed E-state index contributed by atoms with van der Waals surface area (Å²) in [5.74, 6) is 0.577. The number of H-pyrrole nitrogens is 1. The number of hydrogen-bond donors (Lipinski definition) is 2. The first-order chi connectivity index (χ1) is 13.2. The minimum atomic E-state index is 0.125. The van der Waals surface area contributed by atoms with Crippen molar-refractivity contribution in [3.05, 3.63) is 72.4 Å². The van der Waals surface area contributed by atoms with E-state index in [4.69, 9.17) is 4.74 Å². The second-order valence-electron chi connectivity index (χ2n) is 6.32. The van der Waals surface area contributed by atoms with Crippen LogP contribution in [0.25, 0.3) is 22.6 Å². The number of nitrogens with zero attached hydrogens (tertiary/aromatic N) is 3. The highest BCUT2D eigenvalue weighted by Crippen LogP contribution is 2.33. The Hall–Kier alpha value is -3.54. The molecule has 4 aromatic rings. The molecule has 0 saturated heterocycles. The van der Waals surface area contributed by atoms with E-state index in [1.165, 1.54) is 0 Å². The number of aromatic hydroxyl groups is 1. The highest BCUT2D eigenvalue weighted by Gasteiger charge is 2.19. The van der Waals surface area contributed by atoms with Gasteiger partial charge in [0.1, 0.15) is 5.69 Å². The minimum Gasteiger partial charge on any atom is -0.504 e. The van der Waals surface area contributed by atoms with Gasteiger partial charge in [-0.05, 0) is 24.6 Å². The Labute approximate surface area is 157 Å². The molecule has 27 heavy (non-hydrogen) atoms. The van der Waals surface area contributed by atoms with Gasteiger partial charge in [-0.3, -0.25) is 0 Å². The second kappa shape index (κ2) is 6.99. The average Bonchev–Trinajstić information content (AvgIpc) is 3.29. The summed E-state index contributed by atoms with van der Waals surface area (Å²) in [6.07, 6.45) is 3.52. The van der Waals surface area contributed by atoms with Crippen LogP contribution in [0.1, 0.15) is 11.3 Å². The standard InChI is InChI=1S/C21H20N4O2/c1-14-19(23-12-22-14)21-20(16-6-4-3-5-7-16)24-13-25(21)11-15-8-9-17(26)18(10-15)27-2/h3-10,12-13,26H,11H2,1-2H3,(H,22,23). The lowest BCUT2D eigenvalue weighted by atomic mass is 10.1. The predicted molar refractivity (Wildman–Crippen MR) is 104 cm³/mol. The Morgan fingerprint density at radius 1 is 1.07 bits per heavy atom. The Morgan fingerprint density at radius 2 is 1.89 bits per heavy atom. The van der Waals surface area contributed by atoms with Crippen LogP contribution in [0, 0.1) is 6.92 Å². The quantitative estimate of drug-likeness (QED) is 0.564. The third kappa shape index (κ3) is 3.17. The maximum absolute atomic E-state index is 9.84.